The maximum atomic E-state index is 12.4. The Morgan fingerprint density at radius 3 is 2.36 bits per heavy atom. The number of rotatable bonds is 9. The van der Waals surface area contributed by atoms with Crippen LogP contribution >= 0.6 is 0 Å². The molecule has 28 heavy (non-hydrogen) atoms. The second-order valence-corrected chi connectivity index (χ2v) is 8.19. The van der Waals surface area contributed by atoms with Gasteiger partial charge in [-0.15, -0.1) is 0 Å². The first-order valence-corrected chi connectivity index (χ1v) is 10.4. The normalized spacial score (nSPS) is 11.1. The molecular formula is C20H25N3O4S. The lowest BCUT2D eigenvalue weighted by atomic mass is 10.2. The summed E-state index contributed by atoms with van der Waals surface area (Å²) in [5, 5.41) is 5.18. The minimum absolute atomic E-state index is 0.0484. The summed E-state index contributed by atoms with van der Waals surface area (Å²) in [5.74, 6) is -0.716. The van der Waals surface area contributed by atoms with E-state index in [-0.39, 0.29) is 30.3 Å². The molecule has 0 spiro atoms. The highest BCUT2D eigenvalue weighted by Gasteiger charge is 2.17. The first kappa shape index (κ1) is 21.6. The van der Waals surface area contributed by atoms with Gasteiger partial charge in [0.1, 0.15) is 0 Å². The second-order valence-electron chi connectivity index (χ2n) is 6.46. The lowest BCUT2D eigenvalue weighted by molar-refractivity contribution is -0.126. The van der Waals surface area contributed by atoms with E-state index in [4.69, 9.17) is 0 Å². The zero-order chi connectivity index (χ0) is 20.6. The lowest BCUT2D eigenvalue weighted by Crippen LogP contribution is -2.38. The average Bonchev–Trinajstić information content (AvgIpc) is 2.67. The summed E-state index contributed by atoms with van der Waals surface area (Å²) in [6.45, 7) is 3.71. The number of amides is 2. The fraction of sp³-hybridized carbons (Fsp3) is 0.300. The predicted octanol–water partition coefficient (Wildman–Crippen LogP) is 1.40. The smallest absolute Gasteiger partial charge is 0.240 e. The fourth-order valence-corrected chi connectivity index (χ4v) is 3.86. The molecule has 2 aromatic rings. The molecular weight excluding hydrogens is 378 g/mol. The Bertz CT molecular complexity index is 928. The van der Waals surface area contributed by atoms with Crippen LogP contribution in [0.2, 0.25) is 0 Å². The minimum atomic E-state index is -3.69. The van der Waals surface area contributed by atoms with Crippen molar-refractivity contribution >= 4 is 21.8 Å². The van der Waals surface area contributed by atoms with Gasteiger partial charge in [-0.1, -0.05) is 42.5 Å². The van der Waals surface area contributed by atoms with E-state index in [1.54, 1.807) is 19.1 Å². The number of nitrogens with one attached hydrogen (secondary N) is 3. The maximum absolute atomic E-state index is 12.4. The van der Waals surface area contributed by atoms with Gasteiger partial charge in [0, 0.05) is 19.5 Å². The van der Waals surface area contributed by atoms with Gasteiger partial charge in [0.15, 0.2) is 0 Å². The van der Waals surface area contributed by atoms with Gasteiger partial charge in [0.05, 0.1) is 11.4 Å². The SMILES string of the molecule is Cc1ccc(C)c(S(=O)(=O)NCCC(=O)NCC(=O)NCc2ccccc2)c1. The summed E-state index contributed by atoms with van der Waals surface area (Å²) in [5.41, 5.74) is 2.44. The standard InChI is InChI=1S/C20H25N3O4S/c1-15-8-9-16(2)18(12-15)28(26,27)23-11-10-19(24)22-14-20(25)21-13-17-6-4-3-5-7-17/h3-9,12,23H,10-11,13-14H2,1-2H3,(H,21,25)(H,22,24). The van der Waals surface area contributed by atoms with E-state index in [1.165, 1.54) is 0 Å². The first-order valence-electron chi connectivity index (χ1n) is 8.92. The van der Waals surface area contributed by atoms with E-state index in [2.05, 4.69) is 15.4 Å². The van der Waals surface area contributed by atoms with E-state index in [1.807, 2.05) is 43.3 Å². The molecule has 0 bridgehead atoms. The Balaban J connectivity index is 1.72. The first-order chi connectivity index (χ1) is 13.3. The van der Waals surface area contributed by atoms with Gasteiger partial charge in [-0.2, -0.15) is 0 Å². The lowest BCUT2D eigenvalue weighted by Gasteiger charge is -2.10. The van der Waals surface area contributed by atoms with E-state index in [0.29, 0.717) is 12.1 Å². The molecule has 2 aromatic carbocycles. The molecule has 3 N–H and O–H groups in total. The third-order valence-corrected chi connectivity index (χ3v) is 5.66. The molecule has 0 saturated carbocycles. The number of aryl methyl sites for hydroxylation is 2. The molecule has 2 amide bonds. The Morgan fingerprint density at radius 2 is 1.64 bits per heavy atom. The van der Waals surface area contributed by atoms with Crippen LogP contribution in [0.15, 0.2) is 53.4 Å². The second kappa shape index (κ2) is 10.0. The van der Waals surface area contributed by atoms with Gasteiger partial charge in [0.2, 0.25) is 21.8 Å². The summed E-state index contributed by atoms with van der Waals surface area (Å²) in [7, 11) is -3.69. The molecule has 0 aliphatic heterocycles. The summed E-state index contributed by atoms with van der Waals surface area (Å²) in [6.07, 6.45) is -0.0595. The topological polar surface area (TPSA) is 104 Å². The highest BCUT2D eigenvalue weighted by molar-refractivity contribution is 7.89. The van der Waals surface area contributed by atoms with Crippen LogP contribution in [-0.4, -0.2) is 33.3 Å². The summed E-state index contributed by atoms with van der Waals surface area (Å²) >= 11 is 0. The van der Waals surface area contributed by atoms with Crippen molar-refractivity contribution in [2.75, 3.05) is 13.1 Å². The molecule has 0 aromatic heterocycles. The molecule has 0 aliphatic rings. The Morgan fingerprint density at radius 1 is 0.929 bits per heavy atom. The van der Waals surface area contributed by atoms with Crippen molar-refractivity contribution in [3.8, 4) is 0 Å². The van der Waals surface area contributed by atoms with Crippen LogP contribution < -0.4 is 15.4 Å². The average molecular weight is 404 g/mol. The summed E-state index contributed by atoms with van der Waals surface area (Å²) < 4.78 is 27.2. The predicted molar refractivity (Wildman–Crippen MR) is 107 cm³/mol. The van der Waals surface area contributed by atoms with E-state index in [0.717, 1.165) is 11.1 Å². The Hall–Kier alpha value is -2.71. The highest BCUT2D eigenvalue weighted by Crippen LogP contribution is 2.16. The number of sulfonamides is 1. The van der Waals surface area contributed by atoms with Gasteiger partial charge in [-0.25, -0.2) is 13.1 Å². The zero-order valence-electron chi connectivity index (χ0n) is 16.0. The zero-order valence-corrected chi connectivity index (χ0v) is 16.8. The van der Waals surface area contributed by atoms with E-state index >= 15 is 0 Å². The van der Waals surface area contributed by atoms with Crippen molar-refractivity contribution in [3.05, 3.63) is 65.2 Å². The summed E-state index contributed by atoms with van der Waals surface area (Å²) in [6, 6.07) is 14.6. The van der Waals surface area contributed by atoms with Crippen molar-refractivity contribution in [1.29, 1.82) is 0 Å². The minimum Gasteiger partial charge on any atom is -0.350 e. The van der Waals surface area contributed by atoms with Gasteiger partial charge < -0.3 is 10.6 Å². The number of hydrogen-bond acceptors (Lipinski definition) is 4. The monoisotopic (exact) mass is 403 g/mol. The molecule has 0 atom stereocenters. The third-order valence-electron chi connectivity index (χ3n) is 4.06. The van der Waals surface area contributed by atoms with Crippen LogP contribution in [0.3, 0.4) is 0 Å². The number of carbonyl (C=O) groups is 2. The van der Waals surface area contributed by atoms with Crippen molar-refractivity contribution < 1.29 is 18.0 Å². The van der Waals surface area contributed by atoms with E-state index < -0.39 is 15.9 Å². The van der Waals surface area contributed by atoms with Gasteiger partial charge >= 0.3 is 0 Å². The molecule has 7 nitrogen and oxygen atoms in total. The molecule has 0 heterocycles. The largest absolute Gasteiger partial charge is 0.350 e. The van der Waals surface area contributed by atoms with Crippen LogP contribution in [-0.2, 0) is 26.2 Å². The Labute approximate surface area is 165 Å². The molecule has 0 unspecified atom stereocenters. The van der Waals surface area contributed by atoms with Crippen molar-refractivity contribution in [3.63, 3.8) is 0 Å². The number of carbonyl (C=O) groups excluding carboxylic acids is 2. The van der Waals surface area contributed by atoms with Crippen LogP contribution in [0.25, 0.3) is 0 Å². The number of benzene rings is 2. The summed E-state index contributed by atoms with van der Waals surface area (Å²) in [4.78, 5) is 23.8. The van der Waals surface area contributed by atoms with Crippen molar-refractivity contribution in [1.82, 2.24) is 15.4 Å². The van der Waals surface area contributed by atoms with Gasteiger partial charge in [-0.3, -0.25) is 9.59 Å². The quantitative estimate of drug-likeness (QED) is 0.589. The van der Waals surface area contributed by atoms with Crippen LogP contribution in [0.4, 0.5) is 0 Å². The van der Waals surface area contributed by atoms with Crippen LogP contribution in [0.5, 0.6) is 0 Å². The van der Waals surface area contributed by atoms with Gasteiger partial charge in [-0.05, 0) is 36.6 Å². The van der Waals surface area contributed by atoms with Gasteiger partial charge in [0.25, 0.3) is 0 Å². The van der Waals surface area contributed by atoms with Crippen LogP contribution in [0.1, 0.15) is 23.1 Å². The molecule has 0 saturated heterocycles. The number of hydrogen-bond donors (Lipinski definition) is 3. The fourth-order valence-electron chi connectivity index (χ4n) is 2.50. The van der Waals surface area contributed by atoms with Crippen molar-refractivity contribution in [2.24, 2.45) is 0 Å². The Kier molecular flexibility index (Phi) is 7.71. The highest BCUT2D eigenvalue weighted by atomic mass is 32.2. The maximum Gasteiger partial charge on any atom is 0.240 e. The molecule has 150 valence electrons. The van der Waals surface area contributed by atoms with Crippen molar-refractivity contribution in [2.45, 2.75) is 31.7 Å². The third kappa shape index (κ3) is 6.79. The molecule has 2 rings (SSSR count). The molecule has 8 heteroatoms. The van der Waals surface area contributed by atoms with Crippen LogP contribution in [0, 0.1) is 13.8 Å². The van der Waals surface area contributed by atoms with E-state index in [9.17, 15) is 18.0 Å². The molecule has 0 aliphatic carbocycles. The molecule has 0 radical (unpaired) electrons. The molecule has 0 fully saturated rings.